The van der Waals surface area contributed by atoms with E-state index in [1.54, 1.807) is 10.9 Å². The summed E-state index contributed by atoms with van der Waals surface area (Å²) in [6.45, 7) is 2.38. The Hall–Kier alpha value is -1.17. The summed E-state index contributed by atoms with van der Waals surface area (Å²) in [5.74, 6) is 0. The maximum absolute atomic E-state index is 10.6. The zero-order valence-corrected chi connectivity index (χ0v) is 12.8. The molecule has 3 rings (SSSR count). The second-order valence-corrected chi connectivity index (χ2v) is 6.80. The first-order valence-corrected chi connectivity index (χ1v) is 7.95. The van der Waals surface area contributed by atoms with E-state index in [1.807, 2.05) is 31.5 Å². The third kappa shape index (κ3) is 2.66. The van der Waals surface area contributed by atoms with Crippen molar-refractivity contribution < 1.29 is 5.11 Å². The Morgan fingerprint density at radius 2 is 2.45 bits per heavy atom. The van der Waals surface area contributed by atoms with Crippen LogP contribution in [0.5, 0.6) is 0 Å². The molecule has 2 N–H and O–H groups in total. The van der Waals surface area contributed by atoms with Crippen molar-refractivity contribution in [2.24, 2.45) is 7.05 Å². The summed E-state index contributed by atoms with van der Waals surface area (Å²) in [5, 5.41) is 20.5. The number of aryl methyl sites for hydroxylation is 2. The quantitative estimate of drug-likeness (QED) is 0.909. The number of hydrogen-bond donors (Lipinski definition) is 2. The van der Waals surface area contributed by atoms with Gasteiger partial charge >= 0.3 is 0 Å². The first-order valence-electron chi connectivity index (χ1n) is 7.07. The van der Waals surface area contributed by atoms with Gasteiger partial charge in [-0.05, 0) is 43.2 Å². The molecule has 2 atom stereocenters. The number of nitrogens with one attached hydrogen (secondary N) is 1. The van der Waals surface area contributed by atoms with E-state index in [4.69, 9.17) is 0 Å². The Bertz CT molecular complexity index is 587. The SMILES string of the molecule is Cn1cc([C@@](C)(O)CN[C@H]2CCCc3sccc32)cn1. The third-order valence-electron chi connectivity index (χ3n) is 4.07. The van der Waals surface area contributed by atoms with E-state index >= 15 is 0 Å². The van der Waals surface area contributed by atoms with Crippen LogP contribution in [0.4, 0.5) is 0 Å². The van der Waals surface area contributed by atoms with E-state index in [9.17, 15) is 5.11 Å². The van der Waals surface area contributed by atoms with Gasteiger partial charge in [-0.25, -0.2) is 0 Å². The standard InChI is InChI=1S/C15H21N3OS/c1-15(19,11-8-17-18(2)9-11)10-16-13-4-3-5-14-12(13)6-7-20-14/h6-9,13,16,19H,3-5,10H2,1-2H3/t13-,15-/m0/s1. The molecule has 0 fully saturated rings. The predicted molar refractivity (Wildman–Crippen MR) is 80.8 cm³/mol. The van der Waals surface area contributed by atoms with Crippen LogP contribution < -0.4 is 5.32 Å². The van der Waals surface area contributed by atoms with E-state index in [0.717, 1.165) is 12.0 Å². The van der Waals surface area contributed by atoms with Crippen molar-refractivity contribution in [2.45, 2.75) is 37.8 Å². The van der Waals surface area contributed by atoms with Crippen LogP contribution >= 0.6 is 11.3 Å². The highest BCUT2D eigenvalue weighted by atomic mass is 32.1. The zero-order valence-electron chi connectivity index (χ0n) is 12.0. The molecular formula is C15H21N3OS. The minimum absolute atomic E-state index is 0.369. The smallest absolute Gasteiger partial charge is 0.102 e. The Labute approximate surface area is 123 Å². The van der Waals surface area contributed by atoms with Crippen molar-refractivity contribution in [3.63, 3.8) is 0 Å². The number of aromatic nitrogens is 2. The number of thiophene rings is 1. The van der Waals surface area contributed by atoms with Crippen LogP contribution in [0, 0.1) is 0 Å². The van der Waals surface area contributed by atoms with Crippen LogP contribution in [0.2, 0.25) is 0 Å². The lowest BCUT2D eigenvalue weighted by Crippen LogP contribution is -2.38. The third-order valence-corrected chi connectivity index (χ3v) is 5.07. The Morgan fingerprint density at radius 1 is 1.60 bits per heavy atom. The lowest BCUT2D eigenvalue weighted by molar-refractivity contribution is 0.0530. The summed E-state index contributed by atoms with van der Waals surface area (Å²) in [7, 11) is 1.87. The second-order valence-electron chi connectivity index (χ2n) is 5.80. The van der Waals surface area contributed by atoms with E-state index < -0.39 is 5.60 Å². The lowest BCUT2D eigenvalue weighted by atomic mass is 9.92. The van der Waals surface area contributed by atoms with Crippen molar-refractivity contribution >= 4 is 11.3 Å². The molecule has 20 heavy (non-hydrogen) atoms. The van der Waals surface area contributed by atoms with Gasteiger partial charge in [-0.3, -0.25) is 4.68 Å². The maximum Gasteiger partial charge on any atom is 0.102 e. The van der Waals surface area contributed by atoms with Crippen molar-refractivity contribution in [3.8, 4) is 0 Å². The number of hydrogen-bond acceptors (Lipinski definition) is 4. The van der Waals surface area contributed by atoms with E-state index in [0.29, 0.717) is 12.6 Å². The molecule has 0 amide bonds. The summed E-state index contributed by atoms with van der Waals surface area (Å²) in [4.78, 5) is 1.50. The van der Waals surface area contributed by atoms with Crippen molar-refractivity contribution in [1.29, 1.82) is 0 Å². The second kappa shape index (κ2) is 5.31. The average molecular weight is 291 g/mol. The molecule has 1 aliphatic carbocycles. The van der Waals surface area contributed by atoms with Crippen LogP contribution in [-0.2, 0) is 19.1 Å². The van der Waals surface area contributed by atoms with Gasteiger partial charge < -0.3 is 10.4 Å². The summed E-state index contributed by atoms with van der Waals surface area (Å²) in [6.07, 6.45) is 7.17. The number of fused-ring (bicyclic) bond motifs is 1. The monoisotopic (exact) mass is 291 g/mol. The fraction of sp³-hybridized carbons (Fsp3) is 0.533. The molecule has 0 aromatic carbocycles. The number of aliphatic hydroxyl groups is 1. The van der Waals surface area contributed by atoms with E-state index in [2.05, 4.69) is 21.9 Å². The van der Waals surface area contributed by atoms with Gasteiger partial charge in [0.2, 0.25) is 0 Å². The minimum Gasteiger partial charge on any atom is -0.384 e. The van der Waals surface area contributed by atoms with Crippen LogP contribution in [0.1, 0.15) is 41.8 Å². The molecule has 0 radical (unpaired) electrons. The molecule has 0 aliphatic heterocycles. The van der Waals surface area contributed by atoms with Crippen LogP contribution in [0.3, 0.4) is 0 Å². The van der Waals surface area contributed by atoms with E-state index in [-0.39, 0.29) is 0 Å². The van der Waals surface area contributed by atoms with Crippen molar-refractivity contribution in [1.82, 2.24) is 15.1 Å². The van der Waals surface area contributed by atoms with Gasteiger partial charge in [-0.1, -0.05) is 0 Å². The molecule has 0 saturated carbocycles. The van der Waals surface area contributed by atoms with Gasteiger partial charge in [0.25, 0.3) is 0 Å². The molecule has 108 valence electrons. The largest absolute Gasteiger partial charge is 0.384 e. The van der Waals surface area contributed by atoms with Crippen LogP contribution in [-0.4, -0.2) is 21.4 Å². The molecule has 0 spiro atoms. The summed E-state index contributed by atoms with van der Waals surface area (Å²) in [6, 6.07) is 2.59. The number of rotatable bonds is 4. The summed E-state index contributed by atoms with van der Waals surface area (Å²) < 4.78 is 1.72. The summed E-state index contributed by atoms with van der Waals surface area (Å²) in [5.41, 5.74) is 1.39. The lowest BCUT2D eigenvalue weighted by Gasteiger charge is -2.29. The maximum atomic E-state index is 10.6. The van der Waals surface area contributed by atoms with Crippen molar-refractivity contribution in [2.75, 3.05) is 6.54 Å². The van der Waals surface area contributed by atoms with Gasteiger partial charge in [-0.2, -0.15) is 5.10 Å². The summed E-state index contributed by atoms with van der Waals surface area (Å²) >= 11 is 1.85. The fourth-order valence-electron chi connectivity index (χ4n) is 2.82. The van der Waals surface area contributed by atoms with E-state index in [1.165, 1.54) is 23.3 Å². The highest BCUT2D eigenvalue weighted by Crippen LogP contribution is 2.33. The van der Waals surface area contributed by atoms with Gasteiger partial charge in [0.1, 0.15) is 5.60 Å². The predicted octanol–water partition coefficient (Wildman–Crippen LogP) is 2.36. The Balaban J connectivity index is 1.68. The Kier molecular flexibility index (Phi) is 3.67. The normalized spacial score (nSPS) is 21.4. The molecule has 0 saturated heterocycles. The zero-order chi connectivity index (χ0) is 14.2. The molecule has 2 aromatic heterocycles. The molecule has 0 bridgehead atoms. The molecule has 1 aliphatic rings. The van der Waals surface area contributed by atoms with Gasteiger partial charge in [0, 0.05) is 36.3 Å². The van der Waals surface area contributed by atoms with Crippen molar-refractivity contribution in [3.05, 3.63) is 39.8 Å². The topological polar surface area (TPSA) is 50.1 Å². The molecule has 2 heterocycles. The first-order chi connectivity index (χ1) is 9.56. The first kappa shape index (κ1) is 13.8. The fourth-order valence-corrected chi connectivity index (χ4v) is 3.81. The average Bonchev–Trinajstić information content (AvgIpc) is 3.05. The Morgan fingerprint density at radius 3 is 3.20 bits per heavy atom. The van der Waals surface area contributed by atoms with Gasteiger partial charge in [0.15, 0.2) is 0 Å². The van der Waals surface area contributed by atoms with Crippen LogP contribution in [0.25, 0.3) is 0 Å². The minimum atomic E-state index is -0.887. The van der Waals surface area contributed by atoms with Crippen LogP contribution in [0.15, 0.2) is 23.8 Å². The molecule has 0 unspecified atom stereocenters. The molecular weight excluding hydrogens is 270 g/mol. The number of nitrogens with zero attached hydrogens (tertiary/aromatic N) is 2. The van der Waals surface area contributed by atoms with Gasteiger partial charge in [-0.15, -0.1) is 11.3 Å². The molecule has 2 aromatic rings. The highest BCUT2D eigenvalue weighted by molar-refractivity contribution is 7.10. The highest BCUT2D eigenvalue weighted by Gasteiger charge is 2.28. The molecule has 5 heteroatoms. The molecule has 4 nitrogen and oxygen atoms in total. The van der Waals surface area contributed by atoms with Gasteiger partial charge in [0.05, 0.1) is 6.20 Å².